The third-order valence-electron chi connectivity index (χ3n) is 4.15. The monoisotopic (exact) mass is 471 g/mol. The molecule has 0 aromatic carbocycles. The number of aryl methyl sites for hydroxylation is 1. The van der Waals surface area contributed by atoms with Gasteiger partial charge in [0.2, 0.25) is 0 Å². The third-order valence-corrected chi connectivity index (χ3v) is 5.15. The van der Waals surface area contributed by atoms with E-state index in [0.717, 1.165) is 38.0 Å². The zero-order valence-corrected chi connectivity index (χ0v) is 17.9. The van der Waals surface area contributed by atoms with E-state index in [0.29, 0.717) is 0 Å². The molecule has 2 aromatic heterocycles. The van der Waals surface area contributed by atoms with Crippen LogP contribution in [0.3, 0.4) is 0 Å². The van der Waals surface area contributed by atoms with E-state index in [1.807, 2.05) is 17.5 Å². The number of aromatic nitrogens is 1. The summed E-state index contributed by atoms with van der Waals surface area (Å²) in [6.45, 7) is 5.91. The molecule has 25 heavy (non-hydrogen) atoms. The molecule has 0 amide bonds. The van der Waals surface area contributed by atoms with Crippen molar-refractivity contribution in [1.29, 1.82) is 0 Å². The Morgan fingerprint density at radius 1 is 1.20 bits per heavy atom. The van der Waals surface area contributed by atoms with Gasteiger partial charge in [0, 0.05) is 42.6 Å². The lowest BCUT2D eigenvalue weighted by Crippen LogP contribution is -2.36. The average Bonchev–Trinajstić information content (AvgIpc) is 3.27. The molecule has 3 rings (SSSR count). The van der Waals surface area contributed by atoms with Gasteiger partial charge in [-0.15, -0.1) is 35.3 Å². The molecular formula is C18H26IN5S. The van der Waals surface area contributed by atoms with Crippen molar-refractivity contribution in [2.45, 2.75) is 32.9 Å². The number of pyridine rings is 1. The van der Waals surface area contributed by atoms with Gasteiger partial charge in [0.1, 0.15) is 5.82 Å². The van der Waals surface area contributed by atoms with Crippen LogP contribution in [0.15, 0.2) is 35.5 Å². The van der Waals surface area contributed by atoms with Crippen molar-refractivity contribution < 1.29 is 0 Å². The van der Waals surface area contributed by atoms with Crippen LogP contribution in [0.1, 0.15) is 28.2 Å². The van der Waals surface area contributed by atoms with Crippen molar-refractivity contribution >= 4 is 47.1 Å². The number of nitrogens with zero attached hydrogens (tertiary/aromatic N) is 3. The second-order valence-corrected chi connectivity index (χ2v) is 7.38. The number of halogens is 1. The van der Waals surface area contributed by atoms with Crippen LogP contribution in [0.5, 0.6) is 0 Å². The van der Waals surface area contributed by atoms with Gasteiger partial charge < -0.3 is 15.5 Å². The van der Waals surface area contributed by atoms with Gasteiger partial charge in [0.05, 0.1) is 6.54 Å². The molecule has 5 nitrogen and oxygen atoms in total. The Hall–Kier alpha value is -1.35. The Kier molecular flexibility index (Phi) is 7.95. The summed E-state index contributed by atoms with van der Waals surface area (Å²) in [5, 5.41) is 6.74. The molecule has 136 valence electrons. The Morgan fingerprint density at radius 3 is 2.64 bits per heavy atom. The lowest BCUT2D eigenvalue weighted by atomic mass is 10.2. The number of nitrogens with one attached hydrogen (secondary N) is 2. The topological polar surface area (TPSA) is 52.6 Å². The maximum atomic E-state index is 4.50. The van der Waals surface area contributed by atoms with E-state index in [9.17, 15) is 0 Å². The lowest BCUT2D eigenvalue weighted by Gasteiger charge is -2.17. The number of rotatable bonds is 5. The molecule has 7 heteroatoms. The summed E-state index contributed by atoms with van der Waals surface area (Å²) >= 11 is 1.81. The van der Waals surface area contributed by atoms with Gasteiger partial charge >= 0.3 is 0 Å². The summed E-state index contributed by atoms with van der Waals surface area (Å²) < 4.78 is 0. The SMILES string of the molecule is CN=C(NCc1ccnc(N2CCCC2)c1)NCc1ccc(C)s1.I. The number of thiophene rings is 1. The summed E-state index contributed by atoms with van der Waals surface area (Å²) in [5.74, 6) is 1.91. The Bertz CT molecular complexity index is 694. The number of hydrogen-bond donors (Lipinski definition) is 2. The molecule has 0 atom stereocenters. The fourth-order valence-corrected chi connectivity index (χ4v) is 3.68. The number of aliphatic imine (C=N–C) groups is 1. The molecule has 1 aliphatic heterocycles. The molecule has 1 saturated heterocycles. The van der Waals surface area contributed by atoms with Crippen molar-refractivity contribution in [1.82, 2.24) is 15.6 Å². The van der Waals surface area contributed by atoms with Crippen LogP contribution in [0.25, 0.3) is 0 Å². The number of anilines is 1. The van der Waals surface area contributed by atoms with E-state index in [1.54, 1.807) is 7.05 Å². The first-order valence-corrected chi connectivity index (χ1v) is 9.26. The minimum absolute atomic E-state index is 0. The van der Waals surface area contributed by atoms with E-state index >= 15 is 0 Å². The zero-order chi connectivity index (χ0) is 16.8. The fourth-order valence-electron chi connectivity index (χ4n) is 2.85. The highest BCUT2D eigenvalue weighted by molar-refractivity contribution is 14.0. The predicted molar refractivity (Wildman–Crippen MR) is 117 cm³/mol. The maximum Gasteiger partial charge on any atom is 0.191 e. The van der Waals surface area contributed by atoms with E-state index in [2.05, 4.69) is 56.7 Å². The predicted octanol–water partition coefficient (Wildman–Crippen LogP) is 3.53. The van der Waals surface area contributed by atoms with Gasteiger partial charge in [-0.3, -0.25) is 4.99 Å². The molecule has 1 aliphatic rings. The minimum Gasteiger partial charge on any atom is -0.357 e. The van der Waals surface area contributed by atoms with Crippen LogP contribution in [0, 0.1) is 6.92 Å². The van der Waals surface area contributed by atoms with Gasteiger partial charge in [0.25, 0.3) is 0 Å². The Balaban J connectivity index is 0.00000225. The fraction of sp³-hybridized carbons (Fsp3) is 0.444. The van der Waals surface area contributed by atoms with E-state index in [-0.39, 0.29) is 24.0 Å². The zero-order valence-electron chi connectivity index (χ0n) is 14.8. The summed E-state index contributed by atoms with van der Waals surface area (Å²) in [6.07, 6.45) is 4.43. The van der Waals surface area contributed by atoms with Crippen LogP contribution in [0.4, 0.5) is 5.82 Å². The quantitative estimate of drug-likeness (QED) is 0.398. The van der Waals surface area contributed by atoms with Crippen molar-refractivity contribution in [3.63, 3.8) is 0 Å². The standard InChI is InChI=1S/C18H25N5S.HI/c1-14-5-6-16(24-14)13-22-18(19-2)21-12-15-7-8-20-17(11-15)23-9-3-4-10-23;/h5-8,11H,3-4,9-10,12-13H2,1-2H3,(H2,19,21,22);1H. The van der Waals surface area contributed by atoms with E-state index in [4.69, 9.17) is 0 Å². The van der Waals surface area contributed by atoms with Crippen LogP contribution in [0.2, 0.25) is 0 Å². The molecule has 0 radical (unpaired) electrons. The summed E-state index contributed by atoms with van der Waals surface area (Å²) in [5.41, 5.74) is 1.22. The molecule has 0 bridgehead atoms. The Labute approximate surface area is 171 Å². The molecule has 0 saturated carbocycles. The summed E-state index contributed by atoms with van der Waals surface area (Å²) in [7, 11) is 1.80. The second kappa shape index (κ2) is 9.96. The van der Waals surface area contributed by atoms with Gasteiger partial charge in [-0.1, -0.05) is 0 Å². The molecule has 0 aliphatic carbocycles. The molecule has 3 heterocycles. The summed E-state index contributed by atoms with van der Waals surface area (Å²) in [6, 6.07) is 8.54. The van der Waals surface area contributed by atoms with Gasteiger partial charge in [-0.2, -0.15) is 0 Å². The highest BCUT2D eigenvalue weighted by atomic mass is 127. The molecule has 2 N–H and O–H groups in total. The van der Waals surface area contributed by atoms with Gasteiger partial charge in [-0.25, -0.2) is 4.98 Å². The largest absolute Gasteiger partial charge is 0.357 e. The third kappa shape index (κ3) is 5.85. The van der Waals surface area contributed by atoms with Crippen molar-refractivity contribution in [3.8, 4) is 0 Å². The molecule has 0 unspecified atom stereocenters. The van der Waals surface area contributed by atoms with Crippen LogP contribution in [-0.2, 0) is 13.1 Å². The molecule has 2 aromatic rings. The maximum absolute atomic E-state index is 4.50. The highest BCUT2D eigenvalue weighted by Crippen LogP contribution is 2.18. The van der Waals surface area contributed by atoms with Crippen molar-refractivity contribution in [3.05, 3.63) is 45.8 Å². The number of guanidine groups is 1. The first-order chi connectivity index (χ1) is 11.7. The van der Waals surface area contributed by atoms with Crippen molar-refractivity contribution in [2.24, 2.45) is 4.99 Å². The lowest BCUT2D eigenvalue weighted by molar-refractivity contribution is 0.813. The van der Waals surface area contributed by atoms with Crippen LogP contribution < -0.4 is 15.5 Å². The highest BCUT2D eigenvalue weighted by Gasteiger charge is 2.13. The van der Waals surface area contributed by atoms with E-state index in [1.165, 1.54) is 28.2 Å². The Morgan fingerprint density at radius 2 is 1.96 bits per heavy atom. The van der Waals surface area contributed by atoms with Gasteiger partial charge in [0.15, 0.2) is 5.96 Å². The van der Waals surface area contributed by atoms with Crippen LogP contribution >= 0.6 is 35.3 Å². The first kappa shape index (κ1) is 20.0. The smallest absolute Gasteiger partial charge is 0.191 e. The summed E-state index contributed by atoms with van der Waals surface area (Å²) in [4.78, 5) is 13.8. The van der Waals surface area contributed by atoms with Gasteiger partial charge in [-0.05, 0) is 49.6 Å². The minimum atomic E-state index is 0. The molecule has 1 fully saturated rings. The average molecular weight is 471 g/mol. The molecule has 0 spiro atoms. The molecular weight excluding hydrogens is 445 g/mol. The van der Waals surface area contributed by atoms with Crippen LogP contribution in [-0.4, -0.2) is 31.1 Å². The van der Waals surface area contributed by atoms with E-state index < -0.39 is 0 Å². The second-order valence-electron chi connectivity index (χ2n) is 6.01. The number of hydrogen-bond acceptors (Lipinski definition) is 4. The normalized spacial score (nSPS) is 14.3. The van der Waals surface area contributed by atoms with Crippen molar-refractivity contribution in [2.75, 3.05) is 25.0 Å². The first-order valence-electron chi connectivity index (χ1n) is 8.44.